The van der Waals surface area contributed by atoms with Gasteiger partial charge in [0.05, 0.1) is 32.3 Å². The standard InChI is InChI=1S/C29H35N5O2S.C2H6/c1-20(36-2)22-7-8-24-25(16-22)33-26-17-23(15-21-9-14-37-19-21)32-29(28(24)26)31-10-6-13-34(18-27(30)35)11-4-3-5-12-34;1-2/h7-9,14,16-17,19H,1,3-6,10-13,15,18H2,2H3,(H3-,30,31,32,33,35);1-2H3/p+1. The van der Waals surface area contributed by atoms with Crippen molar-refractivity contribution in [2.75, 3.05) is 45.2 Å². The van der Waals surface area contributed by atoms with Crippen molar-refractivity contribution >= 4 is 50.6 Å². The highest BCUT2D eigenvalue weighted by Crippen LogP contribution is 2.33. The van der Waals surface area contributed by atoms with Crippen molar-refractivity contribution in [2.45, 2.75) is 46.0 Å². The number of thiophene rings is 1. The van der Waals surface area contributed by atoms with Gasteiger partial charge in [-0.15, -0.1) is 0 Å². The van der Waals surface area contributed by atoms with E-state index >= 15 is 0 Å². The summed E-state index contributed by atoms with van der Waals surface area (Å²) < 4.78 is 6.16. The van der Waals surface area contributed by atoms with Crippen LogP contribution in [-0.2, 0) is 16.0 Å². The molecule has 208 valence electrons. The molecular weight excluding hydrogens is 506 g/mol. The fourth-order valence-electron chi connectivity index (χ4n) is 5.69. The second-order valence-electron chi connectivity index (χ2n) is 10.2. The molecule has 1 aliphatic heterocycles. The number of H-pyrrole nitrogens is 1. The topological polar surface area (TPSA) is 93.0 Å². The van der Waals surface area contributed by atoms with Crippen molar-refractivity contribution in [3.8, 4) is 0 Å². The van der Waals surface area contributed by atoms with Crippen LogP contribution in [0, 0.1) is 0 Å². The van der Waals surface area contributed by atoms with Crippen LogP contribution in [-0.4, -0.2) is 60.2 Å². The molecular formula is C31H42N5O2S+. The number of aromatic amines is 1. The number of rotatable bonds is 11. The Hall–Kier alpha value is -3.36. The van der Waals surface area contributed by atoms with Crippen LogP contribution >= 0.6 is 11.3 Å². The molecule has 7 nitrogen and oxygen atoms in total. The zero-order valence-electron chi connectivity index (χ0n) is 23.5. The van der Waals surface area contributed by atoms with E-state index in [9.17, 15) is 4.79 Å². The molecule has 4 heterocycles. The Labute approximate surface area is 235 Å². The molecule has 0 atom stereocenters. The van der Waals surface area contributed by atoms with Crippen LogP contribution in [0.25, 0.3) is 27.6 Å². The number of nitrogens with one attached hydrogen (secondary N) is 2. The van der Waals surface area contributed by atoms with Crippen LogP contribution in [0.4, 0.5) is 5.82 Å². The first-order valence-electron chi connectivity index (χ1n) is 14.0. The number of amides is 1. The summed E-state index contributed by atoms with van der Waals surface area (Å²) in [5.74, 6) is 1.34. The Kier molecular flexibility index (Phi) is 9.64. The molecule has 3 aromatic heterocycles. The first-order chi connectivity index (χ1) is 19.0. The first-order valence-corrected chi connectivity index (χ1v) is 15.0. The maximum atomic E-state index is 11.8. The third kappa shape index (κ3) is 6.81. The first kappa shape index (κ1) is 28.6. The third-order valence-electron chi connectivity index (χ3n) is 7.52. The molecule has 0 aliphatic carbocycles. The quantitative estimate of drug-likeness (QED) is 0.116. The van der Waals surface area contributed by atoms with Crippen molar-refractivity contribution in [3.63, 3.8) is 0 Å². The van der Waals surface area contributed by atoms with E-state index in [-0.39, 0.29) is 5.91 Å². The molecule has 4 N–H and O–H groups in total. The van der Waals surface area contributed by atoms with Crippen LogP contribution in [0.1, 0.15) is 56.4 Å². The number of piperidine rings is 1. The maximum absolute atomic E-state index is 11.8. The summed E-state index contributed by atoms with van der Waals surface area (Å²) >= 11 is 1.70. The van der Waals surface area contributed by atoms with Gasteiger partial charge in [0.1, 0.15) is 11.6 Å². The zero-order valence-corrected chi connectivity index (χ0v) is 24.3. The van der Waals surface area contributed by atoms with Gasteiger partial charge < -0.3 is 25.3 Å². The van der Waals surface area contributed by atoms with E-state index in [0.717, 1.165) is 82.4 Å². The Balaban J connectivity index is 0.00000172. The Morgan fingerprint density at radius 2 is 1.97 bits per heavy atom. The van der Waals surface area contributed by atoms with Crippen molar-refractivity contribution in [1.29, 1.82) is 0 Å². The summed E-state index contributed by atoms with van der Waals surface area (Å²) in [7, 11) is 1.64. The normalized spacial score (nSPS) is 14.5. The highest BCUT2D eigenvalue weighted by molar-refractivity contribution is 7.07. The minimum Gasteiger partial charge on any atom is -0.497 e. The average molecular weight is 549 g/mol. The highest BCUT2D eigenvalue weighted by atomic mass is 32.1. The molecule has 8 heteroatoms. The molecule has 1 aromatic carbocycles. The largest absolute Gasteiger partial charge is 0.497 e. The number of nitrogens with two attached hydrogens (primary N) is 1. The smallest absolute Gasteiger partial charge is 0.272 e. The summed E-state index contributed by atoms with van der Waals surface area (Å²) in [5.41, 5.74) is 11.0. The summed E-state index contributed by atoms with van der Waals surface area (Å²) in [6.07, 6.45) is 5.32. The number of carbonyl (C=O) groups excluding carboxylic acids is 1. The van der Waals surface area contributed by atoms with Crippen LogP contribution in [0.2, 0.25) is 0 Å². The van der Waals surface area contributed by atoms with Crippen molar-refractivity contribution in [1.82, 2.24) is 9.97 Å². The molecule has 0 radical (unpaired) electrons. The van der Waals surface area contributed by atoms with Gasteiger partial charge in [-0.3, -0.25) is 4.79 Å². The van der Waals surface area contributed by atoms with E-state index in [4.69, 9.17) is 15.5 Å². The second kappa shape index (κ2) is 13.1. The van der Waals surface area contributed by atoms with Gasteiger partial charge in [0, 0.05) is 46.9 Å². The van der Waals surface area contributed by atoms with Gasteiger partial charge in [-0.05, 0) is 53.8 Å². The molecule has 0 spiro atoms. The molecule has 1 aliphatic rings. The van der Waals surface area contributed by atoms with E-state index < -0.39 is 0 Å². The minimum atomic E-state index is -0.200. The SMILES string of the molecule is C=C(OC)c1ccc2c(c1)[nH]c1cc(Cc3ccsc3)nc(NCCC[N+]3(CC(N)=O)CCCCC3)c12.CC. The van der Waals surface area contributed by atoms with E-state index in [1.54, 1.807) is 18.4 Å². The number of benzene rings is 1. The molecule has 39 heavy (non-hydrogen) atoms. The molecule has 1 saturated heterocycles. The number of primary amides is 1. The summed E-state index contributed by atoms with van der Waals surface area (Å²) in [4.78, 5) is 20.5. The van der Waals surface area contributed by atoms with Crippen molar-refractivity contribution < 1.29 is 14.0 Å². The zero-order chi connectivity index (χ0) is 27.8. The molecule has 0 unspecified atom stereocenters. The monoisotopic (exact) mass is 548 g/mol. The number of anilines is 1. The number of nitrogens with zero attached hydrogens (tertiary/aromatic N) is 2. The van der Waals surface area contributed by atoms with E-state index in [2.05, 4.69) is 51.9 Å². The van der Waals surface area contributed by atoms with Gasteiger partial charge in [-0.25, -0.2) is 4.98 Å². The van der Waals surface area contributed by atoms with Crippen LogP contribution in [0.3, 0.4) is 0 Å². The van der Waals surface area contributed by atoms with E-state index in [0.29, 0.717) is 12.3 Å². The van der Waals surface area contributed by atoms with Crippen molar-refractivity contribution in [3.05, 3.63) is 64.5 Å². The fourth-order valence-corrected chi connectivity index (χ4v) is 6.36. The van der Waals surface area contributed by atoms with Gasteiger partial charge >= 0.3 is 0 Å². The Morgan fingerprint density at radius 1 is 1.18 bits per heavy atom. The number of quaternary nitrogens is 1. The number of methoxy groups -OCH3 is 1. The Morgan fingerprint density at radius 3 is 2.67 bits per heavy atom. The van der Waals surface area contributed by atoms with E-state index in [1.807, 2.05) is 19.9 Å². The number of pyridine rings is 1. The molecule has 0 bridgehead atoms. The fraction of sp³-hybridized carbons (Fsp3) is 0.419. The number of hydrogen-bond acceptors (Lipinski definition) is 5. The lowest BCUT2D eigenvalue weighted by Crippen LogP contribution is -2.56. The highest BCUT2D eigenvalue weighted by Gasteiger charge is 2.31. The summed E-state index contributed by atoms with van der Waals surface area (Å²) in [6.45, 7) is 12.3. The predicted octanol–water partition coefficient (Wildman–Crippen LogP) is 6.30. The second-order valence-corrected chi connectivity index (χ2v) is 11.0. The number of aromatic nitrogens is 2. The Bertz CT molecular complexity index is 1400. The van der Waals surface area contributed by atoms with Crippen LogP contribution in [0.5, 0.6) is 0 Å². The maximum Gasteiger partial charge on any atom is 0.272 e. The average Bonchev–Trinajstić information content (AvgIpc) is 3.59. The number of ether oxygens (including phenoxy) is 1. The van der Waals surface area contributed by atoms with Gasteiger partial charge in [-0.1, -0.05) is 32.6 Å². The molecule has 5 rings (SSSR count). The lowest BCUT2D eigenvalue weighted by Gasteiger charge is -2.40. The number of hydrogen-bond donors (Lipinski definition) is 3. The van der Waals surface area contributed by atoms with E-state index in [1.165, 1.54) is 24.8 Å². The number of likely N-dealkylation sites (tertiary alicyclic amines) is 1. The summed E-state index contributed by atoms with van der Waals surface area (Å²) in [5, 5.41) is 10.1. The molecule has 0 saturated carbocycles. The van der Waals surface area contributed by atoms with Gasteiger partial charge in [0.15, 0.2) is 6.54 Å². The van der Waals surface area contributed by atoms with Crippen LogP contribution < -0.4 is 11.1 Å². The number of fused-ring (bicyclic) bond motifs is 3. The molecule has 1 amide bonds. The van der Waals surface area contributed by atoms with Crippen LogP contribution in [0.15, 0.2) is 47.7 Å². The lowest BCUT2D eigenvalue weighted by molar-refractivity contribution is -0.925. The summed E-state index contributed by atoms with van der Waals surface area (Å²) in [6, 6.07) is 10.5. The lowest BCUT2D eigenvalue weighted by atomic mass is 10.1. The number of carbonyl (C=O) groups is 1. The minimum absolute atomic E-state index is 0.200. The third-order valence-corrected chi connectivity index (χ3v) is 8.25. The molecule has 4 aromatic rings. The molecule has 1 fully saturated rings. The van der Waals surface area contributed by atoms with Gasteiger partial charge in [-0.2, -0.15) is 11.3 Å². The van der Waals surface area contributed by atoms with Crippen molar-refractivity contribution in [2.24, 2.45) is 5.73 Å². The van der Waals surface area contributed by atoms with Gasteiger partial charge in [0.25, 0.3) is 5.91 Å². The van der Waals surface area contributed by atoms with Gasteiger partial charge in [0.2, 0.25) is 0 Å². The predicted molar refractivity (Wildman–Crippen MR) is 164 cm³/mol.